The normalized spacial score (nSPS) is 15.3. The van der Waals surface area contributed by atoms with Gasteiger partial charge in [0.05, 0.1) is 12.4 Å². The van der Waals surface area contributed by atoms with Gasteiger partial charge in [-0.05, 0) is 31.0 Å². The van der Waals surface area contributed by atoms with E-state index in [1.807, 2.05) is 0 Å². The van der Waals surface area contributed by atoms with Crippen LogP contribution < -0.4 is 15.5 Å². The molecule has 0 amide bonds. The Labute approximate surface area is 125 Å². The second kappa shape index (κ2) is 5.60. The van der Waals surface area contributed by atoms with Crippen LogP contribution in [0.5, 0.6) is 0 Å². The summed E-state index contributed by atoms with van der Waals surface area (Å²) >= 11 is 0. The second-order valence-electron chi connectivity index (χ2n) is 5.49. The van der Waals surface area contributed by atoms with Crippen molar-refractivity contribution >= 4 is 17.3 Å². The first kappa shape index (κ1) is 13.7. The van der Waals surface area contributed by atoms with E-state index in [9.17, 15) is 0 Å². The van der Waals surface area contributed by atoms with Gasteiger partial charge in [0, 0.05) is 31.9 Å². The van der Waals surface area contributed by atoms with Crippen molar-refractivity contribution in [3.05, 3.63) is 41.7 Å². The Kier molecular flexibility index (Phi) is 3.64. The molecule has 0 aliphatic carbocycles. The van der Waals surface area contributed by atoms with Gasteiger partial charge in [-0.25, -0.2) is 9.97 Å². The maximum Gasteiger partial charge on any atom is 0.147 e. The molecule has 0 unspecified atom stereocenters. The van der Waals surface area contributed by atoms with Crippen LogP contribution >= 0.6 is 0 Å². The van der Waals surface area contributed by atoms with E-state index in [4.69, 9.17) is 5.73 Å². The molecule has 1 aromatic heterocycles. The van der Waals surface area contributed by atoms with Crippen molar-refractivity contribution in [1.29, 1.82) is 0 Å². The van der Waals surface area contributed by atoms with E-state index in [2.05, 4.69) is 51.8 Å². The van der Waals surface area contributed by atoms with E-state index >= 15 is 0 Å². The number of rotatable bonds is 2. The quantitative estimate of drug-likeness (QED) is 0.913. The smallest absolute Gasteiger partial charge is 0.147 e. The summed E-state index contributed by atoms with van der Waals surface area (Å²) in [5.74, 6) is 1.37. The van der Waals surface area contributed by atoms with Crippen molar-refractivity contribution < 1.29 is 0 Å². The summed E-state index contributed by atoms with van der Waals surface area (Å²) in [6, 6.07) is 6.51. The molecule has 2 aromatic rings. The topological polar surface area (TPSA) is 58.3 Å². The summed E-state index contributed by atoms with van der Waals surface area (Å²) in [5, 5.41) is 0. The van der Waals surface area contributed by atoms with Crippen molar-refractivity contribution in [3.63, 3.8) is 0 Å². The summed E-state index contributed by atoms with van der Waals surface area (Å²) in [4.78, 5) is 13.2. The molecule has 2 heterocycles. The fourth-order valence-electron chi connectivity index (χ4n) is 2.75. The Balaban J connectivity index is 1.70. The van der Waals surface area contributed by atoms with Crippen LogP contribution in [0.25, 0.3) is 0 Å². The predicted molar refractivity (Wildman–Crippen MR) is 86.8 cm³/mol. The van der Waals surface area contributed by atoms with E-state index in [1.165, 1.54) is 16.8 Å². The van der Waals surface area contributed by atoms with Crippen molar-refractivity contribution in [2.45, 2.75) is 13.8 Å². The minimum Gasteiger partial charge on any atom is -0.382 e. The molecule has 0 spiro atoms. The van der Waals surface area contributed by atoms with Gasteiger partial charge in [0.25, 0.3) is 0 Å². The van der Waals surface area contributed by atoms with Crippen LogP contribution in [0.1, 0.15) is 11.1 Å². The van der Waals surface area contributed by atoms with Crippen LogP contribution in [0, 0.1) is 13.8 Å². The molecule has 0 atom stereocenters. The molecule has 1 aliphatic heterocycles. The Hall–Kier alpha value is -2.30. The first-order chi connectivity index (χ1) is 10.1. The SMILES string of the molecule is Cc1cccc(N2CCN(c3cnc(N)cn3)CC2)c1C. The van der Waals surface area contributed by atoms with Crippen molar-refractivity contribution in [2.75, 3.05) is 41.7 Å². The predicted octanol–water partition coefficient (Wildman–Crippen LogP) is 2.00. The molecule has 1 aromatic carbocycles. The Morgan fingerprint density at radius 1 is 0.952 bits per heavy atom. The summed E-state index contributed by atoms with van der Waals surface area (Å²) in [7, 11) is 0. The van der Waals surface area contributed by atoms with Crippen LogP contribution in [-0.4, -0.2) is 36.1 Å². The van der Waals surface area contributed by atoms with Gasteiger partial charge in [0.15, 0.2) is 0 Å². The van der Waals surface area contributed by atoms with Crippen molar-refractivity contribution in [1.82, 2.24) is 9.97 Å². The molecule has 0 saturated carbocycles. The van der Waals surface area contributed by atoms with E-state index in [-0.39, 0.29) is 0 Å². The molecule has 1 aliphatic rings. The largest absolute Gasteiger partial charge is 0.382 e. The maximum absolute atomic E-state index is 5.58. The number of benzene rings is 1. The monoisotopic (exact) mass is 283 g/mol. The number of nitrogens with two attached hydrogens (primary N) is 1. The average Bonchev–Trinajstić information content (AvgIpc) is 2.51. The molecule has 0 bridgehead atoms. The molecule has 2 N–H and O–H groups in total. The molecule has 1 fully saturated rings. The lowest BCUT2D eigenvalue weighted by molar-refractivity contribution is 0.645. The second-order valence-corrected chi connectivity index (χ2v) is 5.49. The maximum atomic E-state index is 5.58. The zero-order valence-corrected chi connectivity index (χ0v) is 12.6. The highest BCUT2D eigenvalue weighted by molar-refractivity contribution is 5.57. The van der Waals surface area contributed by atoms with E-state index in [0.29, 0.717) is 5.82 Å². The minimum atomic E-state index is 0.466. The Morgan fingerprint density at radius 3 is 2.33 bits per heavy atom. The number of hydrogen-bond donors (Lipinski definition) is 1. The molecule has 1 saturated heterocycles. The standard InChI is InChI=1S/C16H21N5/c1-12-4-3-5-14(13(12)2)20-6-8-21(9-7-20)16-11-18-15(17)10-19-16/h3-5,10-11H,6-9H2,1-2H3,(H2,17,18). The molecule has 5 nitrogen and oxygen atoms in total. The third-order valence-corrected chi connectivity index (χ3v) is 4.18. The molecule has 110 valence electrons. The molecular weight excluding hydrogens is 262 g/mol. The van der Waals surface area contributed by atoms with E-state index < -0.39 is 0 Å². The van der Waals surface area contributed by atoms with Crippen LogP contribution in [0.2, 0.25) is 0 Å². The summed E-state index contributed by atoms with van der Waals surface area (Å²) in [6.45, 7) is 8.26. The third kappa shape index (κ3) is 2.77. The lowest BCUT2D eigenvalue weighted by Gasteiger charge is -2.37. The highest BCUT2D eigenvalue weighted by Crippen LogP contribution is 2.24. The third-order valence-electron chi connectivity index (χ3n) is 4.18. The number of nitrogen functional groups attached to an aromatic ring is 1. The lowest BCUT2D eigenvalue weighted by atomic mass is 10.1. The zero-order chi connectivity index (χ0) is 14.8. The number of anilines is 3. The van der Waals surface area contributed by atoms with E-state index in [1.54, 1.807) is 12.4 Å². The van der Waals surface area contributed by atoms with Gasteiger partial charge in [-0.15, -0.1) is 0 Å². The number of piperazine rings is 1. The lowest BCUT2D eigenvalue weighted by Crippen LogP contribution is -2.47. The fraction of sp³-hybridized carbons (Fsp3) is 0.375. The van der Waals surface area contributed by atoms with Gasteiger partial charge >= 0.3 is 0 Å². The number of nitrogens with zero attached hydrogens (tertiary/aromatic N) is 4. The van der Waals surface area contributed by atoms with Crippen LogP contribution in [0.3, 0.4) is 0 Å². The number of aryl methyl sites for hydroxylation is 1. The number of hydrogen-bond acceptors (Lipinski definition) is 5. The average molecular weight is 283 g/mol. The van der Waals surface area contributed by atoms with Gasteiger partial charge in [-0.3, -0.25) is 0 Å². The van der Waals surface area contributed by atoms with E-state index in [0.717, 1.165) is 32.0 Å². The first-order valence-corrected chi connectivity index (χ1v) is 7.29. The number of aromatic nitrogens is 2. The summed E-state index contributed by atoms with van der Waals surface area (Å²) in [6.07, 6.45) is 3.37. The molecule has 5 heteroatoms. The molecule has 3 rings (SSSR count). The molecular formula is C16H21N5. The van der Waals surface area contributed by atoms with Gasteiger partial charge in [-0.2, -0.15) is 0 Å². The first-order valence-electron chi connectivity index (χ1n) is 7.29. The van der Waals surface area contributed by atoms with Gasteiger partial charge in [0.1, 0.15) is 11.6 Å². The van der Waals surface area contributed by atoms with Crippen LogP contribution in [-0.2, 0) is 0 Å². The van der Waals surface area contributed by atoms with Gasteiger partial charge in [-0.1, -0.05) is 12.1 Å². The van der Waals surface area contributed by atoms with Gasteiger partial charge in [0.2, 0.25) is 0 Å². The summed E-state index contributed by atoms with van der Waals surface area (Å²) < 4.78 is 0. The summed E-state index contributed by atoms with van der Waals surface area (Å²) in [5.41, 5.74) is 9.65. The van der Waals surface area contributed by atoms with Crippen molar-refractivity contribution in [3.8, 4) is 0 Å². The Morgan fingerprint density at radius 2 is 1.67 bits per heavy atom. The van der Waals surface area contributed by atoms with Crippen LogP contribution in [0.4, 0.5) is 17.3 Å². The minimum absolute atomic E-state index is 0.466. The van der Waals surface area contributed by atoms with Crippen molar-refractivity contribution in [2.24, 2.45) is 0 Å². The zero-order valence-electron chi connectivity index (χ0n) is 12.6. The molecule has 0 radical (unpaired) electrons. The van der Waals surface area contributed by atoms with Gasteiger partial charge < -0.3 is 15.5 Å². The molecule has 21 heavy (non-hydrogen) atoms. The highest BCUT2D eigenvalue weighted by Gasteiger charge is 2.19. The highest BCUT2D eigenvalue weighted by atomic mass is 15.3. The van der Waals surface area contributed by atoms with Crippen LogP contribution in [0.15, 0.2) is 30.6 Å². The fourth-order valence-corrected chi connectivity index (χ4v) is 2.75. The Bertz CT molecular complexity index is 615.